The normalized spacial score (nSPS) is 11.4. The Hall–Kier alpha value is -4.38. The van der Waals surface area contributed by atoms with Crippen molar-refractivity contribution in [3.8, 4) is 0 Å². The topological polar surface area (TPSA) is 75.0 Å². The number of fused-ring (bicyclic) bond motifs is 3. The second kappa shape index (κ2) is 7.80. The van der Waals surface area contributed by atoms with Gasteiger partial charge >= 0.3 is 0 Å². The Morgan fingerprint density at radius 3 is 2.35 bits per heavy atom. The van der Waals surface area contributed by atoms with Crippen LogP contribution in [0.1, 0.15) is 5.69 Å². The standard InChI is InChI=1S/C26H20N4O/c27-18-10-13-21(14-11-18)30(20-6-2-1-3-7-20)26(31)15-12-19-16-23-22-8-4-5-9-24(22)29-25(23)17-28-19/h1-17,29H,27H2/b15-12+. The van der Waals surface area contributed by atoms with Crippen molar-refractivity contribution in [3.63, 3.8) is 0 Å². The van der Waals surface area contributed by atoms with Gasteiger partial charge in [0.1, 0.15) is 0 Å². The van der Waals surface area contributed by atoms with Gasteiger partial charge in [-0.1, -0.05) is 36.4 Å². The van der Waals surface area contributed by atoms with Gasteiger partial charge in [-0.05, 0) is 54.6 Å². The summed E-state index contributed by atoms with van der Waals surface area (Å²) >= 11 is 0. The van der Waals surface area contributed by atoms with E-state index in [1.54, 1.807) is 35.4 Å². The Labute approximate surface area is 179 Å². The maximum absolute atomic E-state index is 13.2. The molecule has 2 heterocycles. The van der Waals surface area contributed by atoms with Crippen molar-refractivity contribution in [2.45, 2.75) is 0 Å². The molecule has 0 aliphatic heterocycles. The van der Waals surface area contributed by atoms with E-state index in [1.807, 2.05) is 66.7 Å². The number of nitrogens with one attached hydrogen (secondary N) is 1. The van der Waals surface area contributed by atoms with Crippen LogP contribution in [0.3, 0.4) is 0 Å². The second-order valence-corrected chi connectivity index (χ2v) is 7.26. The molecule has 0 bridgehead atoms. The molecule has 0 unspecified atom stereocenters. The zero-order chi connectivity index (χ0) is 21.2. The Balaban J connectivity index is 1.50. The Kier molecular flexibility index (Phi) is 4.69. The predicted octanol–water partition coefficient (Wildman–Crippen LogP) is 5.68. The van der Waals surface area contributed by atoms with Crippen molar-refractivity contribution < 1.29 is 4.79 Å². The van der Waals surface area contributed by atoms with Crippen LogP contribution >= 0.6 is 0 Å². The summed E-state index contributed by atoms with van der Waals surface area (Å²) in [5.41, 5.74) is 10.8. The lowest BCUT2D eigenvalue weighted by Gasteiger charge is -2.21. The number of carbonyl (C=O) groups is 1. The number of aromatic amines is 1. The number of pyridine rings is 1. The van der Waals surface area contributed by atoms with Crippen LogP contribution in [0.15, 0.2) is 97.2 Å². The molecule has 0 radical (unpaired) electrons. The molecule has 0 saturated carbocycles. The van der Waals surface area contributed by atoms with Crippen molar-refractivity contribution >= 4 is 50.9 Å². The van der Waals surface area contributed by atoms with Gasteiger partial charge in [-0.3, -0.25) is 14.7 Å². The molecule has 1 amide bonds. The first-order valence-electron chi connectivity index (χ1n) is 9.98. The molecular weight excluding hydrogens is 384 g/mol. The third kappa shape index (κ3) is 3.65. The van der Waals surface area contributed by atoms with E-state index in [0.29, 0.717) is 5.69 Å². The fraction of sp³-hybridized carbons (Fsp3) is 0. The Morgan fingerprint density at radius 1 is 0.839 bits per heavy atom. The minimum atomic E-state index is -0.170. The molecular formula is C26H20N4O. The number of H-pyrrole nitrogens is 1. The van der Waals surface area contributed by atoms with E-state index in [2.05, 4.69) is 16.0 Å². The first-order chi connectivity index (χ1) is 15.2. The first-order valence-corrected chi connectivity index (χ1v) is 9.98. The summed E-state index contributed by atoms with van der Waals surface area (Å²) in [6.07, 6.45) is 5.09. The number of anilines is 3. The molecule has 5 heteroatoms. The van der Waals surface area contributed by atoms with Crippen LogP contribution in [0.25, 0.3) is 27.9 Å². The molecule has 0 aliphatic carbocycles. The van der Waals surface area contributed by atoms with Crippen LogP contribution in [0.4, 0.5) is 17.1 Å². The zero-order valence-corrected chi connectivity index (χ0v) is 16.7. The van der Waals surface area contributed by atoms with Crippen LogP contribution in [0.5, 0.6) is 0 Å². The number of nitrogen functional groups attached to an aromatic ring is 1. The number of aromatic nitrogens is 2. The fourth-order valence-electron chi connectivity index (χ4n) is 3.69. The fourth-order valence-corrected chi connectivity index (χ4v) is 3.69. The number of amides is 1. The molecule has 5 nitrogen and oxygen atoms in total. The van der Waals surface area contributed by atoms with Crippen molar-refractivity contribution in [2.24, 2.45) is 0 Å². The van der Waals surface area contributed by atoms with Crippen LogP contribution in [0, 0.1) is 0 Å². The lowest BCUT2D eigenvalue weighted by atomic mass is 10.1. The molecule has 0 aliphatic rings. The van der Waals surface area contributed by atoms with E-state index >= 15 is 0 Å². The monoisotopic (exact) mass is 404 g/mol. The number of nitrogens with zero attached hydrogens (tertiary/aromatic N) is 2. The molecule has 0 atom stereocenters. The van der Waals surface area contributed by atoms with Gasteiger partial charge in [0.05, 0.1) is 17.4 Å². The lowest BCUT2D eigenvalue weighted by Crippen LogP contribution is -2.23. The average molecular weight is 404 g/mol. The van der Waals surface area contributed by atoms with Crippen LogP contribution in [-0.4, -0.2) is 15.9 Å². The molecule has 0 saturated heterocycles. The van der Waals surface area contributed by atoms with Crippen LogP contribution < -0.4 is 10.6 Å². The van der Waals surface area contributed by atoms with Crippen molar-refractivity contribution in [1.82, 2.24) is 9.97 Å². The summed E-state index contributed by atoms with van der Waals surface area (Å²) in [5.74, 6) is -0.170. The molecule has 0 spiro atoms. The third-order valence-electron chi connectivity index (χ3n) is 5.19. The van der Waals surface area contributed by atoms with Crippen molar-refractivity contribution in [1.29, 1.82) is 0 Å². The average Bonchev–Trinajstić information content (AvgIpc) is 3.18. The molecule has 31 heavy (non-hydrogen) atoms. The van der Waals surface area contributed by atoms with Gasteiger partial charge in [0, 0.05) is 39.4 Å². The quantitative estimate of drug-likeness (QED) is 0.299. The maximum atomic E-state index is 13.2. The van der Waals surface area contributed by atoms with Gasteiger partial charge < -0.3 is 10.7 Å². The third-order valence-corrected chi connectivity index (χ3v) is 5.19. The highest BCUT2D eigenvalue weighted by molar-refractivity contribution is 6.10. The zero-order valence-electron chi connectivity index (χ0n) is 16.7. The molecule has 5 aromatic rings. The Morgan fingerprint density at radius 2 is 1.55 bits per heavy atom. The minimum absolute atomic E-state index is 0.170. The highest BCUT2D eigenvalue weighted by Crippen LogP contribution is 2.28. The summed E-state index contributed by atoms with van der Waals surface area (Å²) in [7, 11) is 0. The van der Waals surface area contributed by atoms with E-state index in [-0.39, 0.29) is 5.91 Å². The van der Waals surface area contributed by atoms with Crippen molar-refractivity contribution in [3.05, 3.63) is 103 Å². The molecule has 2 aromatic heterocycles. The Bertz CT molecular complexity index is 1400. The van der Waals surface area contributed by atoms with E-state index in [0.717, 1.165) is 38.9 Å². The molecule has 0 fully saturated rings. The SMILES string of the molecule is Nc1ccc(N(C(=O)/C=C/c2cc3c(cn2)[nH]c2ccccc23)c2ccccc2)cc1. The van der Waals surface area contributed by atoms with Gasteiger partial charge in [0.2, 0.25) is 0 Å². The van der Waals surface area contributed by atoms with Gasteiger partial charge in [0.25, 0.3) is 5.91 Å². The lowest BCUT2D eigenvalue weighted by molar-refractivity contribution is -0.113. The van der Waals surface area contributed by atoms with E-state index in [4.69, 9.17) is 5.73 Å². The minimum Gasteiger partial charge on any atom is -0.399 e. The maximum Gasteiger partial charge on any atom is 0.255 e. The van der Waals surface area contributed by atoms with Crippen molar-refractivity contribution in [2.75, 3.05) is 10.6 Å². The largest absolute Gasteiger partial charge is 0.399 e. The van der Waals surface area contributed by atoms with Gasteiger partial charge in [-0.25, -0.2) is 0 Å². The highest BCUT2D eigenvalue weighted by Gasteiger charge is 2.15. The second-order valence-electron chi connectivity index (χ2n) is 7.26. The number of hydrogen-bond donors (Lipinski definition) is 2. The number of hydrogen-bond acceptors (Lipinski definition) is 3. The molecule has 3 N–H and O–H groups in total. The molecule has 5 rings (SSSR count). The van der Waals surface area contributed by atoms with Gasteiger partial charge in [-0.15, -0.1) is 0 Å². The van der Waals surface area contributed by atoms with E-state index in [9.17, 15) is 4.79 Å². The number of para-hydroxylation sites is 2. The number of carbonyl (C=O) groups excluding carboxylic acids is 1. The summed E-state index contributed by atoms with van der Waals surface area (Å²) in [4.78, 5) is 22.7. The van der Waals surface area contributed by atoms with Gasteiger partial charge in [-0.2, -0.15) is 0 Å². The summed E-state index contributed by atoms with van der Waals surface area (Å²) < 4.78 is 0. The van der Waals surface area contributed by atoms with Crippen LogP contribution in [0.2, 0.25) is 0 Å². The van der Waals surface area contributed by atoms with Gasteiger partial charge in [0.15, 0.2) is 0 Å². The summed E-state index contributed by atoms with van der Waals surface area (Å²) in [6.45, 7) is 0. The summed E-state index contributed by atoms with van der Waals surface area (Å²) in [5, 5.41) is 2.21. The summed E-state index contributed by atoms with van der Waals surface area (Å²) in [6, 6.07) is 26.9. The molecule has 3 aromatic carbocycles. The van der Waals surface area contributed by atoms with E-state index < -0.39 is 0 Å². The first kappa shape index (κ1) is 18.6. The van der Waals surface area contributed by atoms with E-state index in [1.165, 1.54) is 0 Å². The number of benzene rings is 3. The van der Waals surface area contributed by atoms with Crippen LogP contribution in [-0.2, 0) is 4.79 Å². The highest BCUT2D eigenvalue weighted by atomic mass is 16.2. The predicted molar refractivity (Wildman–Crippen MR) is 127 cm³/mol. The smallest absolute Gasteiger partial charge is 0.255 e. The number of rotatable bonds is 4. The number of nitrogens with two attached hydrogens (primary N) is 1. The molecule has 150 valence electrons.